The molecule has 0 spiro atoms. The number of nitriles is 1. The van der Waals surface area contributed by atoms with Crippen LogP contribution in [-0.2, 0) is 4.79 Å². The second-order valence-electron chi connectivity index (χ2n) is 5.14. The molecule has 1 aromatic rings. The van der Waals surface area contributed by atoms with Gasteiger partial charge in [0.2, 0.25) is 5.91 Å². The molecule has 1 unspecified atom stereocenters. The zero-order chi connectivity index (χ0) is 15.1. The smallest absolute Gasteiger partial charge is 0.242 e. The van der Waals surface area contributed by atoms with E-state index >= 15 is 0 Å². The number of nitrogens with zero attached hydrogens (tertiary/aromatic N) is 1. The predicted molar refractivity (Wildman–Crippen MR) is 84.4 cm³/mol. The van der Waals surface area contributed by atoms with Gasteiger partial charge in [0, 0.05) is 11.0 Å². The fourth-order valence-electron chi connectivity index (χ4n) is 1.67. The number of halogens is 1. The third kappa shape index (κ3) is 5.22. The molecule has 20 heavy (non-hydrogen) atoms. The summed E-state index contributed by atoms with van der Waals surface area (Å²) in [4.78, 5) is 11.9. The van der Waals surface area contributed by atoms with E-state index in [0.717, 1.165) is 10.9 Å². The third-order valence-electron chi connectivity index (χ3n) is 2.89. The molecule has 0 aliphatic heterocycles. The van der Waals surface area contributed by atoms with E-state index in [1.165, 1.54) is 0 Å². The highest BCUT2D eigenvalue weighted by Crippen LogP contribution is 2.20. The van der Waals surface area contributed by atoms with Gasteiger partial charge in [-0.1, -0.05) is 29.8 Å². The Morgan fingerprint density at radius 3 is 2.70 bits per heavy atom. The molecular weight excluding hydrogens is 318 g/mol. The largest absolute Gasteiger partial charge is 0.373 e. The molecule has 0 radical (unpaired) electrons. The van der Waals surface area contributed by atoms with E-state index in [2.05, 4.69) is 46.5 Å². The molecule has 2 N–H and O–H groups in total. The van der Waals surface area contributed by atoms with Crippen molar-refractivity contribution in [2.24, 2.45) is 5.92 Å². The lowest BCUT2D eigenvalue weighted by atomic mass is 10.1. The van der Waals surface area contributed by atoms with Crippen molar-refractivity contribution < 1.29 is 4.79 Å². The molecule has 0 heterocycles. The average molecular weight is 338 g/mol. The van der Waals surface area contributed by atoms with Gasteiger partial charge in [-0.05, 0) is 37.5 Å². The molecule has 0 saturated heterocycles. The Hall–Kier alpha value is -1.54. The van der Waals surface area contributed by atoms with Gasteiger partial charge >= 0.3 is 0 Å². The van der Waals surface area contributed by atoms with Gasteiger partial charge in [0.1, 0.15) is 12.1 Å². The van der Waals surface area contributed by atoms with Crippen LogP contribution in [0.25, 0.3) is 0 Å². The molecule has 0 fully saturated rings. The first-order valence-corrected chi connectivity index (χ1v) is 7.47. The normalized spacial score (nSPS) is 11.8. The first-order chi connectivity index (χ1) is 9.43. The first kappa shape index (κ1) is 16.5. The minimum absolute atomic E-state index is 0.0579. The summed E-state index contributed by atoms with van der Waals surface area (Å²) in [7, 11) is 0. The summed E-state index contributed by atoms with van der Waals surface area (Å²) in [6.45, 7) is 6.70. The van der Waals surface area contributed by atoms with Crippen LogP contribution in [0.4, 0.5) is 5.69 Å². The van der Waals surface area contributed by atoms with Crippen molar-refractivity contribution in [2.75, 3.05) is 11.9 Å². The lowest BCUT2D eigenvalue weighted by molar-refractivity contribution is -0.121. The maximum atomic E-state index is 11.9. The standard InChI is InChI=1S/C15H20BrN3O/c1-10(2)6-7-18-15(20)11(3)19-14-5-4-13(16)8-12(14)9-17/h4-5,8,10-11,19H,6-7H2,1-3H3,(H,18,20). The van der Waals surface area contributed by atoms with Gasteiger partial charge in [0.15, 0.2) is 0 Å². The molecule has 0 aliphatic rings. The van der Waals surface area contributed by atoms with Gasteiger partial charge in [-0.2, -0.15) is 5.26 Å². The monoisotopic (exact) mass is 337 g/mol. The second-order valence-corrected chi connectivity index (χ2v) is 6.06. The van der Waals surface area contributed by atoms with Gasteiger partial charge in [0.25, 0.3) is 0 Å². The highest BCUT2D eigenvalue weighted by molar-refractivity contribution is 9.10. The summed E-state index contributed by atoms with van der Waals surface area (Å²) in [5.74, 6) is 0.507. The van der Waals surface area contributed by atoms with Gasteiger partial charge in [-0.3, -0.25) is 4.79 Å². The maximum absolute atomic E-state index is 11.9. The molecule has 0 bridgehead atoms. The summed E-state index contributed by atoms with van der Waals surface area (Å²) < 4.78 is 0.841. The number of hydrogen-bond donors (Lipinski definition) is 2. The molecule has 1 rings (SSSR count). The topological polar surface area (TPSA) is 64.9 Å². The van der Waals surface area contributed by atoms with E-state index in [-0.39, 0.29) is 11.9 Å². The van der Waals surface area contributed by atoms with Crippen molar-refractivity contribution in [1.82, 2.24) is 5.32 Å². The number of carbonyl (C=O) groups excluding carboxylic acids is 1. The number of benzene rings is 1. The Labute approximate surface area is 128 Å². The number of nitrogens with one attached hydrogen (secondary N) is 2. The first-order valence-electron chi connectivity index (χ1n) is 6.68. The third-order valence-corrected chi connectivity index (χ3v) is 3.38. The molecule has 4 nitrogen and oxygen atoms in total. The Bertz CT molecular complexity index is 508. The van der Waals surface area contributed by atoms with Gasteiger partial charge < -0.3 is 10.6 Å². The van der Waals surface area contributed by atoms with Crippen LogP contribution in [0.15, 0.2) is 22.7 Å². The van der Waals surface area contributed by atoms with Gasteiger partial charge in [0.05, 0.1) is 11.3 Å². The van der Waals surface area contributed by atoms with E-state index in [0.29, 0.717) is 23.7 Å². The summed E-state index contributed by atoms with van der Waals surface area (Å²) >= 11 is 3.32. The van der Waals surface area contributed by atoms with Crippen LogP contribution in [0.3, 0.4) is 0 Å². The molecule has 5 heteroatoms. The molecule has 1 amide bonds. The number of rotatable bonds is 6. The summed E-state index contributed by atoms with van der Waals surface area (Å²) in [5.41, 5.74) is 1.18. The average Bonchev–Trinajstić information content (AvgIpc) is 2.40. The molecule has 1 aromatic carbocycles. The molecule has 0 saturated carbocycles. The van der Waals surface area contributed by atoms with Crippen molar-refractivity contribution >= 4 is 27.5 Å². The van der Waals surface area contributed by atoms with Gasteiger partial charge in [-0.25, -0.2) is 0 Å². The number of anilines is 1. The van der Waals surface area contributed by atoms with Crippen LogP contribution in [0.2, 0.25) is 0 Å². The van der Waals surface area contributed by atoms with Crippen LogP contribution in [-0.4, -0.2) is 18.5 Å². The zero-order valence-electron chi connectivity index (χ0n) is 12.0. The van der Waals surface area contributed by atoms with E-state index < -0.39 is 0 Å². The Morgan fingerprint density at radius 2 is 2.10 bits per heavy atom. The fraction of sp³-hybridized carbons (Fsp3) is 0.467. The minimum Gasteiger partial charge on any atom is -0.373 e. The highest BCUT2D eigenvalue weighted by Gasteiger charge is 2.14. The molecule has 0 aromatic heterocycles. The van der Waals surface area contributed by atoms with Crippen molar-refractivity contribution in [1.29, 1.82) is 5.26 Å². The molecule has 1 atom stereocenters. The Kier molecular flexibility index (Phi) is 6.53. The quantitative estimate of drug-likeness (QED) is 0.837. The van der Waals surface area contributed by atoms with Crippen LogP contribution in [0.5, 0.6) is 0 Å². The van der Waals surface area contributed by atoms with Crippen LogP contribution in [0, 0.1) is 17.2 Å². The number of carbonyl (C=O) groups is 1. The van der Waals surface area contributed by atoms with Crippen molar-refractivity contribution in [2.45, 2.75) is 33.2 Å². The molecule has 108 valence electrons. The van der Waals surface area contributed by atoms with E-state index in [1.54, 1.807) is 19.1 Å². The van der Waals surface area contributed by atoms with Crippen LogP contribution >= 0.6 is 15.9 Å². The highest BCUT2D eigenvalue weighted by atomic mass is 79.9. The van der Waals surface area contributed by atoms with Crippen LogP contribution in [0.1, 0.15) is 32.8 Å². The molecule has 0 aliphatic carbocycles. The number of hydrogen-bond acceptors (Lipinski definition) is 3. The minimum atomic E-state index is -0.379. The fourth-order valence-corrected chi connectivity index (χ4v) is 2.03. The van der Waals surface area contributed by atoms with E-state index in [4.69, 9.17) is 5.26 Å². The second kappa shape index (κ2) is 7.91. The predicted octanol–water partition coefficient (Wildman–Crippen LogP) is 3.28. The summed E-state index contributed by atoms with van der Waals surface area (Å²) in [6.07, 6.45) is 0.959. The zero-order valence-corrected chi connectivity index (χ0v) is 13.6. The van der Waals surface area contributed by atoms with Gasteiger partial charge in [-0.15, -0.1) is 0 Å². The van der Waals surface area contributed by atoms with Crippen molar-refractivity contribution in [3.8, 4) is 6.07 Å². The summed E-state index contributed by atoms with van der Waals surface area (Å²) in [5, 5.41) is 15.0. The van der Waals surface area contributed by atoms with Crippen molar-refractivity contribution in [3.05, 3.63) is 28.2 Å². The van der Waals surface area contributed by atoms with Crippen molar-refractivity contribution in [3.63, 3.8) is 0 Å². The van der Waals surface area contributed by atoms with Crippen LogP contribution < -0.4 is 10.6 Å². The Morgan fingerprint density at radius 1 is 1.40 bits per heavy atom. The SMILES string of the molecule is CC(C)CCNC(=O)C(C)Nc1ccc(Br)cc1C#N. The maximum Gasteiger partial charge on any atom is 0.242 e. The summed E-state index contributed by atoms with van der Waals surface area (Å²) in [6, 6.07) is 7.10. The van der Waals surface area contributed by atoms with E-state index in [1.807, 2.05) is 6.07 Å². The number of amides is 1. The lowest BCUT2D eigenvalue weighted by Crippen LogP contribution is -2.38. The Balaban J connectivity index is 2.60. The van der Waals surface area contributed by atoms with E-state index in [9.17, 15) is 4.79 Å². The molecular formula is C15H20BrN3O. The lowest BCUT2D eigenvalue weighted by Gasteiger charge is -2.16.